The number of methoxy groups -OCH3 is 1. The summed E-state index contributed by atoms with van der Waals surface area (Å²) < 4.78 is 32.9. The van der Waals surface area contributed by atoms with Crippen LogP contribution in [0.2, 0.25) is 0 Å². The molecule has 41 heavy (non-hydrogen) atoms. The third-order valence-electron chi connectivity index (χ3n) is 6.29. The first-order chi connectivity index (χ1) is 19.9. The number of nitrogens with zero attached hydrogens (tertiary/aromatic N) is 3. The van der Waals surface area contributed by atoms with E-state index in [1.807, 2.05) is 6.07 Å². The Balaban J connectivity index is 1.40. The summed E-state index contributed by atoms with van der Waals surface area (Å²) in [6, 6.07) is 14.4. The van der Waals surface area contributed by atoms with Gasteiger partial charge in [-0.15, -0.1) is 11.3 Å². The highest BCUT2D eigenvalue weighted by Crippen LogP contribution is 2.39. The van der Waals surface area contributed by atoms with E-state index in [0.717, 1.165) is 41.9 Å². The Morgan fingerprint density at radius 3 is 2.68 bits per heavy atom. The predicted octanol–water partition coefficient (Wildman–Crippen LogP) is 4.46. The number of primary amides is 1. The predicted molar refractivity (Wildman–Crippen MR) is 154 cm³/mol. The molecule has 1 saturated heterocycles. The van der Waals surface area contributed by atoms with Gasteiger partial charge in [-0.1, -0.05) is 24.0 Å². The van der Waals surface area contributed by atoms with E-state index in [-0.39, 0.29) is 11.4 Å². The Bertz CT molecular complexity index is 1640. The lowest BCUT2D eigenvalue weighted by atomic mass is 10.2. The Kier molecular flexibility index (Phi) is 8.74. The number of rotatable bonds is 8. The summed E-state index contributed by atoms with van der Waals surface area (Å²) in [5, 5.41) is 0. The fourth-order valence-electron chi connectivity index (χ4n) is 4.34. The van der Waals surface area contributed by atoms with Crippen molar-refractivity contribution in [3.05, 3.63) is 71.5 Å². The van der Waals surface area contributed by atoms with Gasteiger partial charge in [-0.25, -0.2) is 4.39 Å². The third kappa shape index (κ3) is 6.63. The average molecular weight is 575 g/mol. The number of fused-ring (bicyclic) bond motifs is 1. The lowest BCUT2D eigenvalue weighted by Gasteiger charge is -2.24. The lowest BCUT2D eigenvalue weighted by molar-refractivity contribution is -0.125. The fraction of sp³-hybridized carbons (Fsp3) is 0.233. The van der Waals surface area contributed by atoms with Crippen LogP contribution in [0.4, 0.5) is 15.8 Å². The van der Waals surface area contributed by atoms with E-state index in [0.29, 0.717) is 29.2 Å². The van der Waals surface area contributed by atoms with Gasteiger partial charge in [-0.05, 0) is 30.3 Å². The van der Waals surface area contributed by atoms with E-state index in [2.05, 4.69) is 21.7 Å². The zero-order valence-corrected chi connectivity index (χ0v) is 23.1. The summed E-state index contributed by atoms with van der Waals surface area (Å²) in [5.41, 5.74) is 6.49. The van der Waals surface area contributed by atoms with Gasteiger partial charge in [0.05, 0.1) is 53.3 Å². The number of hydrogen-bond donors (Lipinski definition) is 1. The Labute approximate surface area is 240 Å². The second kappa shape index (κ2) is 12.8. The fourth-order valence-corrected chi connectivity index (χ4v) is 5.28. The Morgan fingerprint density at radius 1 is 1.12 bits per heavy atom. The molecule has 1 aliphatic rings. The van der Waals surface area contributed by atoms with Crippen molar-refractivity contribution in [1.82, 2.24) is 9.88 Å². The molecule has 2 N–H and O–H groups in total. The summed E-state index contributed by atoms with van der Waals surface area (Å²) in [6.45, 7) is 3.81. The van der Waals surface area contributed by atoms with Crippen molar-refractivity contribution < 1.29 is 28.2 Å². The van der Waals surface area contributed by atoms with Crippen LogP contribution in [0, 0.1) is 17.7 Å². The summed E-state index contributed by atoms with van der Waals surface area (Å²) >= 11 is 1.42. The van der Waals surface area contributed by atoms with Crippen molar-refractivity contribution in [2.24, 2.45) is 5.73 Å². The van der Waals surface area contributed by atoms with Gasteiger partial charge in [0.2, 0.25) is 11.8 Å². The molecule has 0 atom stereocenters. The minimum Gasteiger partial charge on any atom is -0.495 e. The molecule has 0 bridgehead atoms. The molecule has 2 amide bonds. The van der Waals surface area contributed by atoms with Crippen LogP contribution in [0.15, 0.2) is 60.8 Å². The van der Waals surface area contributed by atoms with E-state index >= 15 is 4.39 Å². The van der Waals surface area contributed by atoms with Gasteiger partial charge in [-0.2, -0.15) is 0 Å². The number of carbonyl (C=O) groups is 2. The largest absolute Gasteiger partial charge is 0.495 e. The van der Waals surface area contributed by atoms with Crippen molar-refractivity contribution in [3.8, 4) is 29.1 Å². The maximum Gasteiger partial charge on any atom is 0.241 e. The second-order valence-electron chi connectivity index (χ2n) is 9.09. The molecule has 2 aromatic heterocycles. The Morgan fingerprint density at radius 2 is 1.93 bits per heavy atom. The zero-order valence-electron chi connectivity index (χ0n) is 22.3. The van der Waals surface area contributed by atoms with Gasteiger partial charge >= 0.3 is 0 Å². The van der Waals surface area contributed by atoms with Crippen LogP contribution in [0.5, 0.6) is 17.2 Å². The van der Waals surface area contributed by atoms with Crippen molar-refractivity contribution in [1.29, 1.82) is 0 Å². The zero-order chi connectivity index (χ0) is 28.8. The van der Waals surface area contributed by atoms with Crippen molar-refractivity contribution in [2.75, 3.05) is 44.9 Å². The van der Waals surface area contributed by atoms with Crippen molar-refractivity contribution in [2.45, 2.75) is 6.42 Å². The summed E-state index contributed by atoms with van der Waals surface area (Å²) in [5.74, 6) is 5.00. The lowest BCUT2D eigenvalue weighted by Crippen LogP contribution is -2.36. The van der Waals surface area contributed by atoms with Crippen LogP contribution in [0.1, 0.15) is 11.3 Å². The molecule has 2 aromatic carbocycles. The SMILES string of the molecule is COc1ccccc1N(C(=O)CC(N)=O)c1ccc(Oc2ccnc3cc(C#CCN4CCOCC4)sc23)c(F)c1. The van der Waals surface area contributed by atoms with Crippen LogP contribution in [0.3, 0.4) is 0 Å². The molecule has 0 unspecified atom stereocenters. The van der Waals surface area contributed by atoms with E-state index in [4.69, 9.17) is 19.9 Å². The molecule has 11 heteroatoms. The van der Waals surface area contributed by atoms with Crippen LogP contribution in [0.25, 0.3) is 10.2 Å². The monoisotopic (exact) mass is 574 g/mol. The highest BCUT2D eigenvalue weighted by molar-refractivity contribution is 7.19. The molecule has 9 nitrogen and oxygen atoms in total. The number of hydrogen-bond acceptors (Lipinski definition) is 8. The molecule has 5 rings (SSSR count). The van der Waals surface area contributed by atoms with Gasteiger partial charge < -0.3 is 19.9 Å². The van der Waals surface area contributed by atoms with Gasteiger partial charge in [0.15, 0.2) is 11.6 Å². The third-order valence-corrected chi connectivity index (χ3v) is 7.34. The number of amides is 2. The van der Waals surface area contributed by atoms with E-state index < -0.39 is 24.1 Å². The highest BCUT2D eigenvalue weighted by Gasteiger charge is 2.24. The van der Waals surface area contributed by atoms with Crippen molar-refractivity contribution >= 4 is 44.7 Å². The molecule has 210 valence electrons. The highest BCUT2D eigenvalue weighted by atomic mass is 32.1. The first-order valence-electron chi connectivity index (χ1n) is 12.8. The van der Waals surface area contributed by atoms with Gasteiger partial charge in [0, 0.05) is 31.4 Å². The number of nitrogens with two attached hydrogens (primary N) is 1. The quantitative estimate of drug-likeness (QED) is 0.245. The number of thiophene rings is 1. The van der Waals surface area contributed by atoms with Gasteiger partial charge in [-0.3, -0.25) is 24.4 Å². The molecule has 1 aliphatic heterocycles. The van der Waals surface area contributed by atoms with Crippen LogP contribution in [-0.2, 0) is 14.3 Å². The number of ether oxygens (including phenoxy) is 3. The topological polar surface area (TPSA) is 107 Å². The number of benzene rings is 2. The van der Waals surface area contributed by atoms with Crippen LogP contribution >= 0.6 is 11.3 Å². The van der Waals surface area contributed by atoms with E-state index in [1.54, 1.807) is 36.5 Å². The number of anilines is 2. The molecule has 4 aromatic rings. The van der Waals surface area contributed by atoms with Gasteiger partial charge in [0.25, 0.3) is 0 Å². The molecule has 0 radical (unpaired) electrons. The number of para-hydroxylation sites is 2. The normalized spacial score (nSPS) is 13.3. The number of carbonyl (C=O) groups excluding carboxylic acids is 2. The Hall–Kier alpha value is -4.50. The first kappa shape index (κ1) is 28.0. The number of morpholine rings is 1. The van der Waals surface area contributed by atoms with Gasteiger partial charge in [0.1, 0.15) is 17.9 Å². The van der Waals surface area contributed by atoms with E-state index in [9.17, 15) is 9.59 Å². The molecule has 0 aliphatic carbocycles. The molecular formula is C30H27FN4O5S. The standard InChI is InChI=1S/C30H27FN4O5S/c1-38-26-7-3-2-6-24(26)35(29(37)19-28(32)36)20-8-9-25(22(31)17-20)40-27-10-11-33-23-18-21(41-30(23)27)5-4-12-34-13-15-39-16-14-34/h2-3,6-11,17-18H,12-16,19H2,1H3,(H2,32,36). The maximum absolute atomic E-state index is 15.4. The summed E-state index contributed by atoms with van der Waals surface area (Å²) in [6.07, 6.45) is 1.02. The smallest absolute Gasteiger partial charge is 0.241 e. The number of aromatic nitrogens is 1. The number of halogens is 1. The minimum atomic E-state index is -0.807. The average Bonchev–Trinajstić information content (AvgIpc) is 3.39. The molecule has 3 heterocycles. The minimum absolute atomic E-state index is 0.0445. The van der Waals surface area contributed by atoms with E-state index in [1.165, 1.54) is 35.5 Å². The maximum atomic E-state index is 15.4. The second-order valence-corrected chi connectivity index (χ2v) is 10.1. The van der Waals surface area contributed by atoms with Crippen LogP contribution in [-0.4, -0.2) is 61.7 Å². The molecule has 0 saturated carbocycles. The van der Waals surface area contributed by atoms with Crippen molar-refractivity contribution in [3.63, 3.8) is 0 Å². The molecule has 0 spiro atoms. The first-order valence-corrected chi connectivity index (χ1v) is 13.6. The summed E-state index contributed by atoms with van der Waals surface area (Å²) in [4.78, 5) is 33.2. The molecule has 1 fully saturated rings. The number of pyridine rings is 1. The summed E-state index contributed by atoms with van der Waals surface area (Å²) in [7, 11) is 1.45. The molecular weight excluding hydrogens is 547 g/mol. The van der Waals surface area contributed by atoms with Crippen LogP contribution < -0.4 is 20.1 Å².